The summed E-state index contributed by atoms with van der Waals surface area (Å²) in [7, 11) is 0. The molecule has 0 aromatic carbocycles. The molecule has 0 saturated heterocycles. The molecular weight excluding hydrogens is 154 g/mol. The second-order valence-corrected chi connectivity index (χ2v) is 2.73. The van der Waals surface area contributed by atoms with Gasteiger partial charge in [0.1, 0.15) is 0 Å². The van der Waals surface area contributed by atoms with Crippen LogP contribution >= 0.6 is 0 Å². The van der Waals surface area contributed by atoms with Crippen LogP contribution in [0.25, 0.3) is 0 Å². The Hall–Kier alpha value is -1.17. The van der Waals surface area contributed by atoms with Gasteiger partial charge in [0.15, 0.2) is 0 Å². The fourth-order valence-corrected chi connectivity index (χ4v) is 0.652. The molecule has 0 aliphatic rings. The molecule has 0 saturated carbocycles. The molecule has 0 aromatic heterocycles. The normalized spacial score (nSPS) is 11.9. The maximum absolute atomic E-state index is 11.0. The third-order valence-corrected chi connectivity index (χ3v) is 1.24. The number of terminal acetylenes is 1. The lowest BCUT2D eigenvalue weighted by Crippen LogP contribution is -2.34. The van der Waals surface area contributed by atoms with E-state index in [2.05, 4.69) is 11.2 Å². The Labute approximate surface area is 73.5 Å². The first-order valence-corrected chi connectivity index (χ1v) is 4.03. The fourth-order valence-electron chi connectivity index (χ4n) is 0.652. The van der Waals surface area contributed by atoms with Crippen molar-refractivity contribution in [3.8, 4) is 12.3 Å². The summed E-state index contributed by atoms with van der Waals surface area (Å²) in [5.41, 5.74) is 0. The van der Waals surface area contributed by atoms with Gasteiger partial charge in [0.2, 0.25) is 0 Å². The highest BCUT2D eigenvalue weighted by molar-refractivity contribution is 5.68. The lowest BCUT2D eigenvalue weighted by molar-refractivity contribution is 0.114. The van der Waals surface area contributed by atoms with Crippen LogP contribution in [-0.4, -0.2) is 18.2 Å². The van der Waals surface area contributed by atoms with Crippen LogP contribution in [0.4, 0.5) is 4.79 Å². The van der Waals surface area contributed by atoms with Gasteiger partial charge in [-0.2, -0.15) is 0 Å². The number of alkyl carbamates (subject to hydrolysis) is 1. The molecule has 0 fully saturated rings. The maximum Gasteiger partial charge on any atom is 0.408 e. The van der Waals surface area contributed by atoms with Crippen LogP contribution in [0.1, 0.15) is 27.2 Å². The Morgan fingerprint density at radius 3 is 2.58 bits per heavy atom. The zero-order valence-electron chi connectivity index (χ0n) is 7.76. The predicted octanol–water partition coefficient (Wildman–Crippen LogP) is 1.53. The van der Waals surface area contributed by atoms with Gasteiger partial charge in [-0.15, -0.1) is 6.42 Å². The molecule has 0 aromatic rings. The highest BCUT2D eigenvalue weighted by Crippen LogP contribution is 1.92. The highest BCUT2D eigenvalue weighted by Gasteiger charge is 2.08. The molecule has 3 nitrogen and oxygen atoms in total. The van der Waals surface area contributed by atoms with E-state index in [4.69, 9.17) is 11.2 Å². The van der Waals surface area contributed by atoms with E-state index in [1.165, 1.54) is 0 Å². The van der Waals surface area contributed by atoms with Crippen molar-refractivity contribution in [2.24, 2.45) is 0 Å². The van der Waals surface area contributed by atoms with Crippen LogP contribution in [-0.2, 0) is 4.74 Å². The van der Waals surface area contributed by atoms with Crippen LogP contribution in [0.15, 0.2) is 0 Å². The summed E-state index contributed by atoms with van der Waals surface area (Å²) in [4.78, 5) is 11.0. The third kappa shape index (κ3) is 4.62. The van der Waals surface area contributed by atoms with Crippen LogP contribution in [0.5, 0.6) is 0 Å². The lowest BCUT2D eigenvalue weighted by atomic mass is 10.2. The van der Waals surface area contributed by atoms with E-state index in [1.54, 1.807) is 13.8 Å². The topological polar surface area (TPSA) is 38.3 Å². The molecule has 68 valence electrons. The van der Waals surface area contributed by atoms with Crippen molar-refractivity contribution in [1.29, 1.82) is 0 Å². The van der Waals surface area contributed by atoms with E-state index in [0.717, 1.165) is 0 Å². The lowest BCUT2D eigenvalue weighted by Gasteiger charge is -2.12. The van der Waals surface area contributed by atoms with Gasteiger partial charge in [0, 0.05) is 0 Å². The van der Waals surface area contributed by atoms with Crippen LogP contribution in [0.3, 0.4) is 0 Å². The molecule has 1 atom stereocenters. The van der Waals surface area contributed by atoms with Gasteiger partial charge >= 0.3 is 6.09 Å². The third-order valence-electron chi connectivity index (χ3n) is 1.24. The number of amides is 1. The number of nitrogens with one attached hydrogen (secondary N) is 1. The van der Waals surface area contributed by atoms with Crippen LogP contribution in [0.2, 0.25) is 0 Å². The first-order chi connectivity index (χ1) is 5.60. The number of hydrogen-bond donors (Lipinski definition) is 1. The minimum absolute atomic E-state index is 0.111. The molecule has 3 heteroatoms. The summed E-state index contributed by atoms with van der Waals surface area (Å²) in [5, 5.41) is 2.55. The van der Waals surface area contributed by atoms with Crippen molar-refractivity contribution in [3.05, 3.63) is 0 Å². The highest BCUT2D eigenvalue weighted by atomic mass is 16.6. The average molecular weight is 169 g/mol. The van der Waals surface area contributed by atoms with Gasteiger partial charge in [-0.3, -0.25) is 0 Å². The molecular formula is C9H15NO2. The molecule has 0 spiro atoms. The minimum Gasteiger partial charge on any atom is -0.447 e. The van der Waals surface area contributed by atoms with Gasteiger partial charge in [-0.1, -0.05) is 12.8 Å². The van der Waals surface area contributed by atoms with E-state index in [0.29, 0.717) is 6.42 Å². The van der Waals surface area contributed by atoms with E-state index in [-0.39, 0.29) is 12.1 Å². The Morgan fingerprint density at radius 1 is 1.67 bits per heavy atom. The second kappa shape index (κ2) is 5.48. The Balaban J connectivity index is 3.76. The molecule has 1 N–H and O–H groups in total. The molecule has 12 heavy (non-hydrogen) atoms. The summed E-state index contributed by atoms with van der Waals surface area (Å²) in [6, 6.07) is -0.226. The second-order valence-electron chi connectivity index (χ2n) is 2.73. The number of rotatable bonds is 3. The molecule has 1 unspecified atom stereocenters. The monoisotopic (exact) mass is 169 g/mol. The molecule has 0 aliphatic heterocycles. The first-order valence-electron chi connectivity index (χ1n) is 4.03. The van der Waals surface area contributed by atoms with Crippen molar-refractivity contribution in [2.45, 2.75) is 39.3 Å². The Bertz CT molecular complexity index is 181. The smallest absolute Gasteiger partial charge is 0.408 e. The Kier molecular flexibility index (Phi) is 4.94. The van der Waals surface area contributed by atoms with Crippen molar-refractivity contribution in [1.82, 2.24) is 5.32 Å². The summed E-state index contributed by atoms with van der Waals surface area (Å²) < 4.78 is 4.84. The molecule has 0 bridgehead atoms. The van der Waals surface area contributed by atoms with Crippen LogP contribution < -0.4 is 5.32 Å². The van der Waals surface area contributed by atoms with E-state index in [1.807, 2.05) is 6.92 Å². The van der Waals surface area contributed by atoms with Gasteiger partial charge in [0.05, 0.1) is 12.1 Å². The Morgan fingerprint density at radius 2 is 2.25 bits per heavy atom. The van der Waals surface area contributed by atoms with Crippen molar-refractivity contribution in [3.63, 3.8) is 0 Å². The van der Waals surface area contributed by atoms with Crippen molar-refractivity contribution >= 4 is 6.09 Å². The summed E-state index contributed by atoms with van der Waals surface area (Å²) >= 11 is 0. The maximum atomic E-state index is 11.0. The summed E-state index contributed by atoms with van der Waals surface area (Å²) in [5.74, 6) is 2.44. The largest absolute Gasteiger partial charge is 0.447 e. The van der Waals surface area contributed by atoms with Gasteiger partial charge < -0.3 is 10.1 Å². The van der Waals surface area contributed by atoms with Crippen LogP contribution in [0, 0.1) is 12.3 Å². The number of ether oxygens (including phenoxy) is 1. The molecule has 0 rings (SSSR count). The van der Waals surface area contributed by atoms with E-state index in [9.17, 15) is 4.79 Å². The predicted molar refractivity (Wildman–Crippen MR) is 47.7 cm³/mol. The quantitative estimate of drug-likeness (QED) is 0.651. The zero-order valence-corrected chi connectivity index (χ0v) is 7.76. The van der Waals surface area contributed by atoms with Gasteiger partial charge in [-0.05, 0) is 20.3 Å². The van der Waals surface area contributed by atoms with E-state index < -0.39 is 6.09 Å². The number of hydrogen-bond acceptors (Lipinski definition) is 2. The molecule has 0 aliphatic carbocycles. The SMILES string of the molecule is C#CC(CC)NC(=O)OC(C)C. The average Bonchev–Trinajstić information content (AvgIpc) is 1.98. The van der Waals surface area contributed by atoms with Gasteiger partial charge in [0.25, 0.3) is 0 Å². The van der Waals surface area contributed by atoms with Gasteiger partial charge in [-0.25, -0.2) is 4.79 Å². The first kappa shape index (κ1) is 10.8. The molecule has 1 amide bonds. The minimum atomic E-state index is -0.449. The van der Waals surface area contributed by atoms with Crippen molar-refractivity contribution < 1.29 is 9.53 Å². The van der Waals surface area contributed by atoms with E-state index >= 15 is 0 Å². The van der Waals surface area contributed by atoms with Crippen molar-refractivity contribution in [2.75, 3.05) is 0 Å². The zero-order chi connectivity index (χ0) is 9.56. The molecule has 0 radical (unpaired) electrons. The fraction of sp³-hybridized carbons (Fsp3) is 0.667. The summed E-state index contributed by atoms with van der Waals surface area (Å²) in [6.07, 6.45) is 5.29. The number of carbonyl (C=O) groups is 1. The summed E-state index contributed by atoms with van der Waals surface area (Å²) in [6.45, 7) is 5.48. The molecule has 0 heterocycles. The standard InChI is InChI=1S/C9H15NO2/c1-5-8(6-2)10-9(11)12-7(3)4/h1,7-8H,6H2,2-4H3,(H,10,11). The number of carbonyl (C=O) groups excluding carboxylic acids is 1.